The first-order valence-corrected chi connectivity index (χ1v) is 4.55. The minimum atomic E-state index is 0.681. The summed E-state index contributed by atoms with van der Waals surface area (Å²) in [5.74, 6) is 0.681. The van der Waals surface area contributed by atoms with E-state index >= 15 is 0 Å². The van der Waals surface area contributed by atoms with Gasteiger partial charge in [0.15, 0.2) is 22.0 Å². The van der Waals surface area contributed by atoms with Gasteiger partial charge in [-0.05, 0) is 47.5 Å². The molecule has 58 valence electrons. The lowest BCUT2D eigenvalue weighted by Crippen LogP contribution is -1.76. The zero-order valence-electron chi connectivity index (χ0n) is 5.55. The highest BCUT2D eigenvalue weighted by Crippen LogP contribution is 2.29. The van der Waals surface area contributed by atoms with Crippen LogP contribution in [0.2, 0.25) is 0 Å². The highest BCUT2D eigenvalue weighted by atomic mass is 127. The van der Waals surface area contributed by atoms with E-state index < -0.39 is 0 Å². The Morgan fingerprint density at radius 1 is 1.55 bits per heavy atom. The van der Waals surface area contributed by atoms with Gasteiger partial charge in [0, 0.05) is 3.57 Å². The molecule has 0 aromatic heterocycles. The van der Waals surface area contributed by atoms with Crippen LogP contribution < -0.4 is 3.83 Å². The fraction of sp³-hybridized carbons (Fsp3) is 0. The Bertz CT molecular complexity index is 277. The molecular formula is C7H5BrINO. The van der Waals surface area contributed by atoms with E-state index in [9.17, 15) is 0 Å². The maximum atomic E-state index is 4.87. The second kappa shape index (κ2) is 4.06. The number of halogens is 2. The molecule has 0 aliphatic carbocycles. The van der Waals surface area contributed by atoms with Gasteiger partial charge >= 0.3 is 0 Å². The minimum Gasteiger partial charge on any atom is -0.416 e. The molecule has 0 aliphatic heterocycles. The lowest BCUT2D eigenvalue weighted by molar-refractivity contribution is 0.679. The SMILES string of the molecule is C=Nc1cc(I)ccc1OBr. The largest absolute Gasteiger partial charge is 0.416 e. The van der Waals surface area contributed by atoms with E-state index in [1.807, 2.05) is 18.2 Å². The van der Waals surface area contributed by atoms with Crippen LogP contribution in [0, 0.1) is 3.57 Å². The lowest BCUT2D eigenvalue weighted by atomic mass is 10.3. The highest BCUT2D eigenvalue weighted by Gasteiger charge is 2.00. The van der Waals surface area contributed by atoms with E-state index in [1.54, 1.807) is 0 Å². The first-order valence-electron chi connectivity index (χ1n) is 2.83. The maximum absolute atomic E-state index is 4.87. The quantitative estimate of drug-likeness (QED) is 0.604. The van der Waals surface area contributed by atoms with Gasteiger partial charge in [-0.15, -0.1) is 0 Å². The third-order valence-corrected chi connectivity index (χ3v) is 2.19. The minimum absolute atomic E-state index is 0.681. The van der Waals surface area contributed by atoms with Crippen LogP contribution in [0.1, 0.15) is 0 Å². The molecular weight excluding hydrogens is 321 g/mol. The standard InChI is InChI=1S/C7H5BrINO/c1-10-6-4-5(9)2-3-7(6)11-8/h2-4H,1H2. The summed E-state index contributed by atoms with van der Waals surface area (Å²) in [5, 5.41) is 0. The summed E-state index contributed by atoms with van der Waals surface area (Å²) in [6.45, 7) is 3.43. The smallest absolute Gasteiger partial charge is 0.179 e. The van der Waals surface area contributed by atoms with E-state index in [0.29, 0.717) is 5.75 Å². The van der Waals surface area contributed by atoms with Crippen molar-refractivity contribution < 1.29 is 3.83 Å². The predicted molar refractivity (Wildman–Crippen MR) is 57.9 cm³/mol. The van der Waals surface area contributed by atoms with Gasteiger partial charge in [-0.3, -0.25) is 4.99 Å². The van der Waals surface area contributed by atoms with Crippen molar-refractivity contribution in [2.45, 2.75) is 0 Å². The summed E-state index contributed by atoms with van der Waals surface area (Å²) in [6, 6.07) is 5.66. The van der Waals surface area contributed by atoms with Crippen molar-refractivity contribution in [1.29, 1.82) is 0 Å². The van der Waals surface area contributed by atoms with Crippen LogP contribution in [0.25, 0.3) is 0 Å². The molecule has 4 heteroatoms. The Balaban J connectivity index is 3.16. The molecule has 0 saturated heterocycles. The number of nitrogens with zero attached hydrogens (tertiary/aromatic N) is 1. The molecule has 0 atom stereocenters. The Hall–Kier alpha value is -0.100. The third-order valence-electron chi connectivity index (χ3n) is 1.17. The number of aliphatic imine (C=N–C) groups is 1. The topological polar surface area (TPSA) is 21.6 Å². The molecule has 1 aromatic carbocycles. The maximum Gasteiger partial charge on any atom is 0.179 e. The van der Waals surface area contributed by atoms with Gasteiger partial charge in [0.2, 0.25) is 0 Å². The van der Waals surface area contributed by atoms with E-state index in [1.165, 1.54) is 0 Å². The third kappa shape index (κ3) is 2.16. The van der Waals surface area contributed by atoms with Crippen molar-refractivity contribution in [1.82, 2.24) is 0 Å². The normalized spacial score (nSPS) is 9.27. The molecule has 11 heavy (non-hydrogen) atoms. The summed E-state index contributed by atoms with van der Waals surface area (Å²) in [6.07, 6.45) is 0. The van der Waals surface area contributed by atoms with Crippen molar-refractivity contribution in [3.8, 4) is 5.75 Å². The van der Waals surface area contributed by atoms with E-state index in [-0.39, 0.29) is 0 Å². The monoisotopic (exact) mass is 325 g/mol. The summed E-state index contributed by atoms with van der Waals surface area (Å²) in [4.78, 5) is 3.79. The van der Waals surface area contributed by atoms with Crippen LogP contribution in [0.15, 0.2) is 23.2 Å². The molecule has 0 heterocycles. The van der Waals surface area contributed by atoms with Crippen molar-refractivity contribution in [2.24, 2.45) is 4.99 Å². The molecule has 0 spiro atoms. The second-order valence-electron chi connectivity index (χ2n) is 1.85. The number of rotatable bonds is 2. The molecule has 0 N–H and O–H groups in total. The van der Waals surface area contributed by atoms with Gasteiger partial charge in [-0.2, -0.15) is 0 Å². The molecule has 2 nitrogen and oxygen atoms in total. The van der Waals surface area contributed by atoms with Crippen molar-refractivity contribution in [3.05, 3.63) is 21.8 Å². The van der Waals surface area contributed by atoms with Gasteiger partial charge in [-0.1, -0.05) is 0 Å². The molecule has 0 unspecified atom stereocenters. The van der Waals surface area contributed by atoms with Crippen LogP contribution >= 0.6 is 38.8 Å². The zero-order chi connectivity index (χ0) is 8.27. The lowest BCUT2D eigenvalue weighted by Gasteiger charge is -2.00. The van der Waals surface area contributed by atoms with E-state index in [2.05, 4.69) is 50.6 Å². The Kier molecular flexibility index (Phi) is 3.32. The first kappa shape index (κ1) is 8.99. The van der Waals surface area contributed by atoms with Gasteiger partial charge in [0.05, 0.1) is 0 Å². The Labute approximate surface area is 87.3 Å². The van der Waals surface area contributed by atoms with E-state index in [4.69, 9.17) is 3.83 Å². The van der Waals surface area contributed by atoms with Crippen LogP contribution in [-0.4, -0.2) is 6.72 Å². The predicted octanol–water partition coefficient (Wildman–Crippen LogP) is 3.31. The fourth-order valence-corrected chi connectivity index (χ4v) is 1.43. The van der Waals surface area contributed by atoms with Gasteiger partial charge < -0.3 is 3.83 Å². The van der Waals surface area contributed by atoms with Crippen LogP contribution in [-0.2, 0) is 0 Å². The number of benzene rings is 1. The Morgan fingerprint density at radius 3 is 2.82 bits per heavy atom. The highest BCUT2D eigenvalue weighted by molar-refractivity contribution is 14.1. The average molecular weight is 326 g/mol. The molecule has 0 aliphatic rings. The summed E-state index contributed by atoms with van der Waals surface area (Å²) < 4.78 is 5.98. The van der Waals surface area contributed by atoms with Crippen molar-refractivity contribution in [3.63, 3.8) is 0 Å². The van der Waals surface area contributed by atoms with Crippen molar-refractivity contribution >= 4 is 51.3 Å². The molecule has 0 amide bonds. The van der Waals surface area contributed by atoms with Crippen molar-refractivity contribution in [2.75, 3.05) is 0 Å². The van der Waals surface area contributed by atoms with Crippen LogP contribution in [0.3, 0.4) is 0 Å². The zero-order valence-corrected chi connectivity index (χ0v) is 9.29. The van der Waals surface area contributed by atoms with Crippen LogP contribution in [0.4, 0.5) is 5.69 Å². The summed E-state index contributed by atoms with van der Waals surface area (Å²) in [5.41, 5.74) is 0.744. The average Bonchev–Trinajstić information content (AvgIpc) is 2.04. The van der Waals surface area contributed by atoms with Crippen LogP contribution in [0.5, 0.6) is 5.75 Å². The number of hydrogen-bond donors (Lipinski definition) is 0. The summed E-state index contributed by atoms with van der Waals surface area (Å²) >= 11 is 5.09. The molecule has 0 saturated carbocycles. The molecule has 0 radical (unpaired) electrons. The summed E-state index contributed by atoms with van der Waals surface area (Å²) in [7, 11) is 0. The second-order valence-corrected chi connectivity index (χ2v) is 3.42. The van der Waals surface area contributed by atoms with Gasteiger partial charge in [0.25, 0.3) is 0 Å². The number of hydrogen-bond acceptors (Lipinski definition) is 2. The van der Waals surface area contributed by atoms with E-state index in [0.717, 1.165) is 9.26 Å². The Morgan fingerprint density at radius 2 is 2.27 bits per heavy atom. The molecule has 1 rings (SSSR count). The van der Waals surface area contributed by atoms with Gasteiger partial charge in [-0.25, -0.2) is 0 Å². The molecule has 1 aromatic rings. The molecule has 0 bridgehead atoms. The first-order chi connectivity index (χ1) is 5.27. The molecule has 0 fully saturated rings. The fourth-order valence-electron chi connectivity index (χ4n) is 0.679. The van der Waals surface area contributed by atoms with Gasteiger partial charge in [0.1, 0.15) is 5.69 Å².